The highest BCUT2D eigenvalue weighted by molar-refractivity contribution is 7.15. The van der Waals surface area contributed by atoms with E-state index in [-0.39, 0.29) is 0 Å². The van der Waals surface area contributed by atoms with Crippen molar-refractivity contribution in [1.29, 1.82) is 0 Å². The van der Waals surface area contributed by atoms with Gasteiger partial charge in [0.25, 0.3) is 0 Å². The lowest BCUT2D eigenvalue weighted by Crippen LogP contribution is -2.50. The summed E-state index contributed by atoms with van der Waals surface area (Å²) in [6, 6.07) is 7.90. The minimum atomic E-state index is 0.593. The fourth-order valence-electron chi connectivity index (χ4n) is 2.66. The lowest BCUT2D eigenvalue weighted by molar-refractivity contribution is 0.425. The summed E-state index contributed by atoms with van der Waals surface area (Å²) >= 11 is 1.59. The Hall–Kier alpha value is -2.61. The molecule has 0 bridgehead atoms. The number of aromatic nitrogens is 5. The fraction of sp³-hybridized carbons (Fsp3) is 0.312. The zero-order valence-corrected chi connectivity index (χ0v) is 14.1. The Morgan fingerprint density at radius 2 is 1.92 bits per heavy atom. The largest absolute Gasteiger partial charge is 0.360 e. The van der Waals surface area contributed by atoms with Gasteiger partial charge in [-0.1, -0.05) is 11.3 Å². The third kappa shape index (κ3) is 3.18. The molecule has 0 spiro atoms. The molecule has 4 heterocycles. The molecule has 1 fully saturated rings. The Labute approximate surface area is 143 Å². The molecule has 8 heteroatoms. The summed E-state index contributed by atoms with van der Waals surface area (Å²) < 4.78 is 0. The standard InChI is InChI=1S/C16H17N7S/c1-11-19-22-16(24-11)18-8-12-9-23(10-12)15-3-2-14(20-21-15)13-4-6-17-7-5-13/h2-7,12H,8-10H2,1H3,(H,18,22). The first-order valence-corrected chi connectivity index (χ1v) is 8.62. The molecule has 0 saturated carbocycles. The minimum absolute atomic E-state index is 0.593. The first kappa shape index (κ1) is 14.9. The van der Waals surface area contributed by atoms with E-state index in [1.807, 2.05) is 31.2 Å². The summed E-state index contributed by atoms with van der Waals surface area (Å²) in [5.41, 5.74) is 1.90. The van der Waals surface area contributed by atoms with Crippen LogP contribution in [0.2, 0.25) is 0 Å². The first-order chi connectivity index (χ1) is 11.8. The second-order valence-electron chi connectivity index (χ2n) is 5.79. The molecule has 0 unspecified atom stereocenters. The molecule has 3 aromatic rings. The highest BCUT2D eigenvalue weighted by Gasteiger charge is 2.28. The molecule has 0 aromatic carbocycles. The van der Waals surface area contributed by atoms with Crippen LogP contribution in [0.1, 0.15) is 5.01 Å². The number of pyridine rings is 1. The van der Waals surface area contributed by atoms with Gasteiger partial charge in [-0.15, -0.1) is 20.4 Å². The van der Waals surface area contributed by atoms with Crippen molar-refractivity contribution in [3.63, 3.8) is 0 Å². The molecule has 1 saturated heterocycles. The predicted octanol–water partition coefficient (Wildman–Crippen LogP) is 2.25. The van der Waals surface area contributed by atoms with Crippen LogP contribution in [-0.2, 0) is 0 Å². The molecule has 0 radical (unpaired) electrons. The normalized spacial score (nSPS) is 14.5. The average Bonchev–Trinajstić information content (AvgIpc) is 3.00. The van der Waals surface area contributed by atoms with E-state index in [0.29, 0.717) is 5.92 Å². The van der Waals surface area contributed by atoms with Gasteiger partial charge >= 0.3 is 0 Å². The van der Waals surface area contributed by atoms with Crippen LogP contribution in [0.5, 0.6) is 0 Å². The van der Waals surface area contributed by atoms with E-state index in [0.717, 1.165) is 46.8 Å². The number of hydrogen-bond acceptors (Lipinski definition) is 8. The number of nitrogens with zero attached hydrogens (tertiary/aromatic N) is 6. The summed E-state index contributed by atoms with van der Waals surface area (Å²) in [5, 5.41) is 22.0. The lowest BCUT2D eigenvalue weighted by atomic mass is 10.0. The fourth-order valence-corrected chi connectivity index (χ4v) is 3.25. The molecule has 7 nitrogen and oxygen atoms in total. The van der Waals surface area contributed by atoms with Gasteiger partial charge in [-0.05, 0) is 31.2 Å². The van der Waals surface area contributed by atoms with Crippen LogP contribution in [-0.4, -0.2) is 45.0 Å². The maximum atomic E-state index is 4.35. The van der Waals surface area contributed by atoms with Crippen molar-refractivity contribution in [1.82, 2.24) is 25.4 Å². The molecule has 0 atom stereocenters. The highest BCUT2D eigenvalue weighted by atomic mass is 32.1. The summed E-state index contributed by atoms with van der Waals surface area (Å²) in [6.07, 6.45) is 3.52. The van der Waals surface area contributed by atoms with Crippen LogP contribution >= 0.6 is 11.3 Å². The minimum Gasteiger partial charge on any atom is -0.360 e. The highest BCUT2D eigenvalue weighted by Crippen LogP contribution is 2.24. The zero-order chi connectivity index (χ0) is 16.4. The van der Waals surface area contributed by atoms with E-state index in [4.69, 9.17) is 0 Å². The van der Waals surface area contributed by atoms with Crippen molar-refractivity contribution >= 4 is 22.3 Å². The number of hydrogen-bond donors (Lipinski definition) is 1. The maximum absolute atomic E-state index is 4.35. The number of aryl methyl sites for hydroxylation is 1. The lowest BCUT2D eigenvalue weighted by Gasteiger charge is -2.39. The van der Waals surface area contributed by atoms with Gasteiger partial charge in [-0.25, -0.2) is 0 Å². The van der Waals surface area contributed by atoms with Crippen molar-refractivity contribution in [2.24, 2.45) is 5.92 Å². The molecular weight excluding hydrogens is 322 g/mol. The molecule has 1 aliphatic heterocycles. The number of rotatable bonds is 5. The molecule has 1 aliphatic rings. The van der Waals surface area contributed by atoms with Crippen molar-refractivity contribution in [2.45, 2.75) is 6.92 Å². The van der Waals surface area contributed by atoms with Gasteiger partial charge in [0.15, 0.2) is 5.82 Å². The summed E-state index contributed by atoms with van der Waals surface area (Å²) in [4.78, 5) is 6.26. The molecule has 24 heavy (non-hydrogen) atoms. The topological polar surface area (TPSA) is 79.7 Å². The van der Waals surface area contributed by atoms with Gasteiger partial charge in [0, 0.05) is 43.5 Å². The van der Waals surface area contributed by atoms with Crippen LogP contribution in [0.3, 0.4) is 0 Å². The Morgan fingerprint density at radius 1 is 1.08 bits per heavy atom. The third-order valence-corrected chi connectivity index (χ3v) is 4.77. The van der Waals surface area contributed by atoms with E-state index < -0.39 is 0 Å². The smallest absolute Gasteiger partial charge is 0.205 e. The maximum Gasteiger partial charge on any atom is 0.205 e. The Kier molecular flexibility index (Phi) is 4.04. The molecular formula is C16H17N7S. The second kappa shape index (κ2) is 6.48. The van der Waals surface area contributed by atoms with Gasteiger partial charge < -0.3 is 10.2 Å². The van der Waals surface area contributed by atoms with Crippen LogP contribution in [0, 0.1) is 12.8 Å². The second-order valence-corrected chi connectivity index (χ2v) is 6.97. The van der Waals surface area contributed by atoms with E-state index in [1.54, 1.807) is 23.7 Å². The number of nitrogens with one attached hydrogen (secondary N) is 1. The first-order valence-electron chi connectivity index (χ1n) is 7.81. The van der Waals surface area contributed by atoms with Crippen LogP contribution in [0.4, 0.5) is 10.9 Å². The Morgan fingerprint density at radius 3 is 2.58 bits per heavy atom. The van der Waals surface area contributed by atoms with Crippen LogP contribution < -0.4 is 10.2 Å². The zero-order valence-electron chi connectivity index (χ0n) is 13.3. The monoisotopic (exact) mass is 339 g/mol. The van der Waals surface area contributed by atoms with Gasteiger partial charge in [0.2, 0.25) is 5.13 Å². The van der Waals surface area contributed by atoms with Crippen molar-refractivity contribution in [3.05, 3.63) is 41.7 Å². The Bertz CT molecular complexity index is 797. The van der Waals surface area contributed by atoms with Crippen molar-refractivity contribution in [2.75, 3.05) is 29.9 Å². The molecule has 0 aliphatic carbocycles. The van der Waals surface area contributed by atoms with Gasteiger partial charge in [-0.3, -0.25) is 4.98 Å². The summed E-state index contributed by atoms with van der Waals surface area (Å²) in [7, 11) is 0. The predicted molar refractivity (Wildman–Crippen MR) is 94.1 cm³/mol. The third-order valence-electron chi connectivity index (χ3n) is 3.98. The quantitative estimate of drug-likeness (QED) is 0.763. The molecule has 0 amide bonds. The summed E-state index contributed by atoms with van der Waals surface area (Å²) in [5.74, 6) is 1.52. The van der Waals surface area contributed by atoms with Crippen LogP contribution in [0.15, 0.2) is 36.7 Å². The van der Waals surface area contributed by atoms with Crippen molar-refractivity contribution in [3.8, 4) is 11.3 Å². The van der Waals surface area contributed by atoms with Gasteiger partial charge in [0.05, 0.1) is 5.69 Å². The van der Waals surface area contributed by atoms with Crippen molar-refractivity contribution < 1.29 is 0 Å². The van der Waals surface area contributed by atoms with E-state index in [1.165, 1.54) is 0 Å². The number of anilines is 2. The SMILES string of the molecule is Cc1nnc(NCC2CN(c3ccc(-c4ccncc4)nn3)C2)s1. The molecule has 1 N–H and O–H groups in total. The van der Waals surface area contributed by atoms with Crippen LogP contribution in [0.25, 0.3) is 11.3 Å². The average molecular weight is 339 g/mol. The molecule has 122 valence electrons. The van der Waals surface area contributed by atoms with E-state index in [9.17, 15) is 0 Å². The molecule has 3 aromatic heterocycles. The van der Waals surface area contributed by atoms with E-state index in [2.05, 4.69) is 35.6 Å². The molecule has 4 rings (SSSR count). The van der Waals surface area contributed by atoms with Gasteiger partial charge in [-0.2, -0.15) is 0 Å². The summed E-state index contributed by atoms with van der Waals surface area (Å²) in [6.45, 7) is 4.83. The van der Waals surface area contributed by atoms with Gasteiger partial charge in [0.1, 0.15) is 5.01 Å². The van der Waals surface area contributed by atoms with E-state index >= 15 is 0 Å². The Balaban J connectivity index is 1.30.